The van der Waals surface area contributed by atoms with Crippen LogP contribution in [0.2, 0.25) is 0 Å². The van der Waals surface area contributed by atoms with E-state index < -0.39 is 8.00 Å². The van der Waals surface area contributed by atoms with Crippen molar-refractivity contribution in [3.63, 3.8) is 0 Å². The summed E-state index contributed by atoms with van der Waals surface area (Å²) >= 11 is 0. The van der Waals surface area contributed by atoms with Crippen LogP contribution in [0, 0.1) is 0 Å². The molecule has 1 unspecified atom stereocenters. The molecule has 0 N–H and O–H groups in total. The molecule has 0 radical (unpaired) electrons. The summed E-state index contributed by atoms with van der Waals surface area (Å²) < 4.78 is 4.63. The van der Waals surface area contributed by atoms with Gasteiger partial charge in [0, 0.05) is 6.42 Å². The van der Waals surface area contributed by atoms with Gasteiger partial charge in [0.05, 0.1) is 7.11 Å². The minimum atomic E-state index is -1.58. The minimum absolute atomic E-state index is 0.698. The third-order valence-corrected chi connectivity index (χ3v) is 2.34. The van der Waals surface area contributed by atoms with E-state index in [-0.39, 0.29) is 0 Å². The highest BCUT2D eigenvalue weighted by molar-refractivity contribution is 7.44. The van der Waals surface area contributed by atoms with Gasteiger partial charge in [0.25, 0.3) is 0 Å². The molecular weight excluding hydrogens is 171 g/mol. The minimum Gasteiger partial charge on any atom is -0.603 e. The quantitative estimate of drug-likeness (QED) is 0.661. The van der Waals surface area contributed by atoms with Crippen molar-refractivity contribution in [2.45, 2.75) is 6.42 Å². The van der Waals surface area contributed by atoms with Crippen molar-refractivity contribution in [1.29, 1.82) is 0 Å². The van der Waals surface area contributed by atoms with Gasteiger partial charge in [0.2, 0.25) is 8.00 Å². The number of hydrogen-bond donors (Lipinski definition) is 0. The Labute approximate surface area is 73.4 Å². The Hall–Kier alpha value is -0.690. The van der Waals surface area contributed by atoms with E-state index in [4.69, 9.17) is 0 Å². The second kappa shape index (κ2) is 5.04. The van der Waals surface area contributed by atoms with Crippen LogP contribution in [0.5, 0.6) is 0 Å². The Morgan fingerprint density at radius 1 is 1.42 bits per heavy atom. The van der Waals surface area contributed by atoms with Crippen molar-refractivity contribution in [2.75, 3.05) is 7.11 Å². The van der Waals surface area contributed by atoms with E-state index in [9.17, 15) is 4.89 Å². The molecule has 0 aliphatic rings. The molecule has 12 heavy (non-hydrogen) atoms. The summed E-state index contributed by atoms with van der Waals surface area (Å²) in [4.78, 5) is 10.9. The van der Waals surface area contributed by atoms with Crippen LogP contribution in [0.25, 0.3) is 0 Å². The van der Waals surface area contributed by atoms with Crippen molar-refractivity contribution in [3.05, 3.63) is 35.9 Å². The molecule has 0 aromatic heterocycles. The highest BCUT2D eigenvalue weighted by Gasteiger charge is 1.93. The SMILES string of the molecule is CO[P+]([O-])=CCc1ccccc1. The second-order valence-corrected chi connectivity index (χ2v) is 3.64. The summed E-state index contributed by atoms with van der Waals surface area (Å²) in [5.41, 5.74) is 1.15. The Kier molecular flexibility index (Phi) is 3.95. The van der Waals surface area contributed by atoms with E-state index in [0.29, 0.717) is 6.42 Å². The average Bonchev–Trinajstić information content (AvgIpc) is 2.16. The monoisotopic (exact) mass is 182 g/mol. The smallest absolute Gasteiger partial charge is 0.216 e. The number of hydrogen-bond acceptors (Lipinski definition) is 2. The van der Waals surface area contributed by atoms with Crippen molar-refractivity contribution >= 4 is 13.8 Å². The first-order valence-electron chi connectivity index (χ1n) is 3.70. The maximum Gasteiger partial charge on any atom is 0.216 e. The maximum absolute atomic E-state index is 10.9. The van der Waals surface area contributed by atoms with Gasteiger partial charge in [-0.2, -0.15) is 4.52 Å². The topological polar surface area (TPSA) is 32.3 Å². The molecule has 0 bridgehead atoms. The molecule has 0 fully saturated rings. The number of benzene rings is 1. The van der Waals surface area contributed by atoms with Crippen LogP contribution in [0.3, 0.4) is 0 Å². The molecule has 1 atom stereocenters. The summed E-state index contributed by atoms with van der Waals surface area (Å²) in [5, 5.41) is 0. The normalized spacial score (nSPS) is 11.7. The summed E-state index contributed by atoms with van der Waals surface area (Å²) in [5.74, 6) is 1.67. The van der Waals surface area contributed by atoms with Gasteiger partial charge < -0.3 is 4.89 Å². The van der Waals surface area contributed by atoms with Crippen LogP contribution in [0.4, 0.5) is 0 Å². The molecule has 2 nitrogen and oxygen atoms in total. The predicted octanol–water partition coefficient (Wildman–Crippen LogP) is 1.35. The van der Waals surface area contributed by atoms with E-state index >= 15 is 0 Å². The Morgan fingerprint density at radius 3 is 2.67 bits per heavy atom. The molecule has 1 aromatic carbocycles. The molecule has 3 heteroatoms. The van der Waals surface area contributed by atoms with E-state index in [1.54, 1.807) is 5.80 Å². The molecule has 0 amide bonds. The van der Waals surface area contributed by atoms with Gasteiger partial charge in [-0.15, -0.1) is 0 Å². The third-order valence-electron chi connectivity index (χ3n) is 1.50. The van der Waals surface area contributed by atoms with Gasteiger partial charge in [-0.3, -0.25) is 0 Å². The van der Waals surface area contributed by atoms with Gasteiger partial charge in [-0.1, -0.05) is 30.3 Å². The Bertz CT molecular complexity index is 256. The van der Waals surface area contributed by atoms with Gasteiger partial charge in [0.1, 0.15) is 5.80 Å². The fraction of sp³-hybridized carbons (Fsp3) is 0.222. The Balaban J connectivity index is 2.54. The average molecular weight is 182 g/mol. The third kappa shape index (κ3) is 3.14. The number of rotatable bonds is 3. The zero-order valence-corrected chi connectivity index (χ0v) is 7.83. The van der Waals surface area contributed by atoms with Gasteiger partial charge in [-0.05, 0) is 5.56 Å². The molecule has 64 valence electrons. The van der Waals surface area contributed by atoms with Gasteiger partial charge in [0.15, 0.2) is 0 Å². The lowest BCUT2D eigenvalue weighted by molar-refractivity contribution is -0.170. The summed E-state index contributed by atoms with van der Waals surface area (Å²) in [7, 11) is -0.132. The highest BCUT2D eigenvalue weighted by Crippen LogP contribution is 2.09. The van der Waals surface area contributed by atoms with Crippen LogP contribution < -0.4 is 4.89 Å². The molecule has 0 heterocycles. The van der Waals surface area contributed by atoms with Crippen molar-refractivity contribution in [2.24, 2.45) is 0 Å². The fourth-order valence-electron chi connectivity index (χ4n) is 0.869. The second-order valence-electron chi connectivity index (χ2n) is 2.34. The first-order chi connectivity index (χ1) is 5.83. The highest BCUT2D eigenvalue weighted by atomic mass is 31.1. The first-order valence-corrected chi connectivity index (χ1v) is 4.95. The fourth-order valence-corrected chi connectivity index (χ4v) is 1.38. The lowest BCUT2D eigenvalue weighted by atomic mass is 10.2. The van der Waals surface area contributed by atoms with Crippen LogP contribution in [-0.2, 0) is 10.9 Å². The van der Waals surface area contributed by atoms with Crippen LogP contribution in [0.1, 0.15) is 5.56 Å². The molecule has 0 saturated carbocycles. The zero-order valence-electron chi connectivity index (χ0n) is 6.93. The Morgan fingerprint density at radius 2 is 2.08 bits per heavy atom. The van der Waals surface area contributed by atoms with Crippen molar-refractivity contribution < 1.29 is 9.42 Å². The standard InChI is InChI=1S/C9H11O2P/c1-11-12(10)8-7-9-5-3-2-4-6-9/h2-6,8H,7H2,1H3. The largest absolute Gasteiger partial charge is 0.603 e. The molecular formula is C9H11O2P. The van der Waals surface area contributed by atoms with Crippen LogP contribution >= 0.6 is 8.00 Å². The predicted molar refractivity (Wildman–Crippen MR) is 50.1 cm³/mol. The molecule has 1 aromatic rings. The summed E-state index contributed by atoms with van der Waals surface area (Å²) in [6, 6.07) is 9.87. The lowest BCUT2D eigenvalue weighted by Gasteiger charge is -1.93. The summed E-state index contributed by atoms with van der Waals surface area (Å²) in [6.45, 7) is 0. The first kappa shape index (κ1) is 9.40. The molecule has 0 aliphatic heterocycles. The van der Waals surface area contributed by atoms with E-state index in [1.165, 1.54) is 7.11 Å². The molecule has 0 spiro atoms. The summed E-state index contributed by atoms with van der Waals surface area (Å²) in [6.07, 6.45) is 0.698. The van der Waals surface area contributed by atoms with Crippen LogP contribution in [-0.4, -0.2) is 12.9 Å². The van der Waals surface area contributed by atoms with E-state index in [2.05, 4.69) is 4.52 Å². The zero-order chi connectivity index (χ0) is 8.81. The molecule has 0 saturated heterocycles. The van der Waals surface area contributed by atoms with Crippen molar-refractivity contribution in [1.82, 2.24) is 0 Å². The maximum atomic E-state index is 10.9. The van der Waals surface area contributed by atoms with Crippen LogP contribution in [0.15, 0.2) is 30.3 Å². The van der Waals surface area contributed by atoms with Crippen molar-refractivity contribution in [3.8, 4) is 0 Å². The van der Waals surface area contributed by atoms with Gasteiger partial charge >= 0.3 is 0 Å². The van der Waals surface area contributed by atoms with Gasteiger partial charge in [-0.25, -0.2) is 0 Å². The van der Waals surface area contributed by atoms with E-state index in [1.807, 2.05) is 30.3 Å². The molecule has 0 aliphatic carbocycles. The molecule has 1 rings (SSSR count). The lowest BCUT2D eigenvalue weighted by Crippen LogP contribution is -1.93. The van der Waals surface area contributed by atoms with E-state index in [0.717, 1.165) is 5.56 Å².